The molecule has 1 unspecified atom stereocenters. The molecule has 0 radical (unpaired) electrons. The molecule has 1 saturated carbocycles. The van der Waals surface area contributed by atoms with Gasteiger partial charge in [-0.2, -0.15) is 5.10 Å². The molecule has 0 aliphatic heterocycles. The second-order valence-corrected chi connectivity index (χ2v) is 7.99. The number of rotatable bonds is 9. The standard InChI is InChI=1S/C24H37N2OP/c1-7-12-21-15-17-23(27,9-3)24(21,20(4)5)16-11-18-25-26(6)22(13-8-2)14-10-19-28/h3,8,10,12-14,18-20,27H,7,11,15-17,28H2,1-2,4-6H3/b13-8-,19-10+,21-12-,22-14+,25-18-/t23-,24+/m0/s1. The van der Waals surface area contributed by atoms with Gasteiger partial charge in [0.05, 0.1) is 5.70 Å². The van der Waals surface area contributed by atoms with Crippen LogP contribution in [0.25, 0.3) is 0 Å². The topological polar surface area (TPSA) is 35.8 Å². The van der Waals surface area contributed by atoms with Gasteiger partial charge in [0.2, 0.25) is 0 Å². The molecule has 0 spiro atoms. The Morgan fingerprint density at radius 3 is 2.71 bits per heavy atom. The van der Waals surface area contributed by atoms with E-state index in [1.165, 1.54) is 5.57 Å². The van der Waals surface area contributed by atoms with Gasteiger partial charge in [-0.25, -0.2) is 0 Å². The van der Waals surface area contributed by atoms with E-state index in [4.69, 9.17) is 6.42 Å². The zero-order valence-electron chi connectivity index (χ0n) is 18.2. The Hall–Kier alpha value is -1.62. The minimum atomic E-state index is -1.08. The fourth-order valence-electron chi connectivity index (χ4n) is 4.40. The highest BCUT2D eigenvalue weighted by Gasteiger charge is 2.56. The van der Waals surface area contributed by atoms with Gasteiger partial charge in [0.25, 0.3) is 0 Å². The molecule has 4 heteroatoms. The van der Waals surface area contributed by atoms with E-state index in [1.807, 2.05) is 55.3 Å². The van der Waals surface area contributed by atoms with Crippen molar-refractivity contribution in [2.45, 2.75) is 65.4 Å². The molecular formula is C24H37N2OP. The maximum Gasteiger partial charge on any atom is 0.135 e. The lowest BCUT2D eigenvalue weighted by Gasteiger charge is -2.44. The van der Waals surface area contributed by atoms with E-state index < -0.39 is 5.60 Å². The van der Waals surface area contributed by atoms with E-state index in [0.717, 1.165) is 31.4 Å². The monoisotopic (exact) mass is 400 g/mol. The van der Waals surface area contributed by atoms with Crippen molar-refractivity contribution in [2.24, 2.45) is 16.4 Å². The van der Waals surface area contributed by atoms with Crippen LogP contribution < -0.4 is 0 Å². The minimum Gasteiger partial charge on any atom is -0.377 e. The highest BCUT2D eigenvalue weighted by Crippen LogP contribution is 2.57. The molecule has 3 nitrogen and oxygen atoms in total. The van der Waals surface area contributed by atoms with Gasteiger partial charge < -0.3 is 5.11 Å². The summed E-state index contributed by atoms with van der Waals surface area (Å²) in [6.07, 6.45) is 22.0. The van der Waals surface area contributed by atoms with Gasteiger partial charge in [-0.15, -0.1) is 15.7 Å². The normalized spacial score (nSPS) is 27.7. The lowest BCUT2D eigenvalue weighted by atomic mass is 9.62. The van der Waals surface area contributed by atoms with Crippen LogP contribution in [-0.4, -0.2) is 29.0 Å². The van der Waals surface area contributed by atoms with Gasteiger partial charge in [-0.05, 0) is 57.1 Å². The van der Waals surface area contributed by atoms with E-state index in [-0.39, 0.29) is 11.3 Å². The minimum absolute atomic E-state index is 0.255. The first kappa shape index (κ1) is 24.4. The number of nitrogens with zero attached hydrogens (tertiary/aromatic N) is 2. The Morgan fingerprint density at radius 1 is 1.46 bits per heavy atom. The third-order valence-corrected chi connectivity index (χ3v) is 5.98. The first-order chi connectivity index (χ1) is 13.3. The predicted octanol–water partition coefficient (Wildman–Crippen LogP) is 5.67. The largest absolute Gasteiger partial charge is 0.377 e. The van der Waals surface area contributed by atoms with Crippen LogP contribution in [0, 0.1) is 23.7 Å². The number of hydrazone groups is 1. The molecule has 1 aliphatic carbocycles. The summed E-state index contributed by atoms with van der Waals surface area (Å²) in [4.78, 5) is 0. The van der Waals surface area contributed by atoms with Crippen LogP contribution in [0.15, 0.2) is 52.6 Å². The van der Waals surface area contributed by atoms with Gasteiger partial charge in [-0.3, -0.25) is 5.01 Å². The number of hydrogen-bond donors (Lipinski definition) is 1. The second kappa shape index (κ2) is 11.4. The smallest absolute Gasteiger partial charge is 0.135 e. The van der Waals surface area contributed by atoms with Gasteiger partial charge in [0.15, 0.2) is 0 Å². The maximum absolute atomic E-state index is 11.3. The van der Waals surface area contributed by atoms with Crippen molar-refractivity contribution >= 4 is 15.5 Å². The molecule has 3 atom stereocenters. The highest BCUT2D eigenvalue weighted by molar-refractivity contribution is 7.20. The van der Waals surface area contributed by atoms with Crippen molar-refractivity contribution in [3.63, 3.8) is 0 Å². The number of likely N-dealkylation sites (N-methyl/N-ethyl adjacent to an activating group) is 1. The maximum atomic E-state index is 11.3. The van der Waals surface area contributed by atoms with E-state index in [2.05, 4.69) is 47.1 Å². The molecule has 0 aromatic carbocycles. The number of terminal acetylenes is 1. The lowest BCUT2D eigenvalue weighted by Crippen LogP contribution is -2.47. The fraction of sp³-hybridized carbons (Fsp3) is 0.542. The second-order valence-electron chi connectivity index (χ2n) is 7.61. The van der Waals surface area contributed by atoms with Crippen LogP contribution in [0.2, 0.25) is 0 Å². The fourth-order valence-corrected chi connectivity index (χ4v) is 4.51. The zero-order valence-corrected chi connectivity index (χ0v) is 19.3. The summed E-state index contributed by atoms with van der Waals surface area (Å²) in [5.41, 5.74) is 0.851. The average molecular weight is 401 g/mol. The Balaban J connectivity index is 3.04. The Morgan fingerprint density at radius 2 is 2.18 bits per heavy atom. The van der Waals surface area contributed by atoms with E-state index >= 15 is 0 Å². The van der Waals surface area contributed by atoms with E-state index in [1.54, 1.807) is 0 Å². The van der Waals surface area contributed by atoms with Crippen molar-refractivity contribution in [3.8, 4) is 12.3 Å². The van der Waals surface area contributed by atoms with Crippen LogP contribution in [0.4, 0.5) is 0 Å². The summed E-state index contributed by atoms with van der Waals surface area (Å²) in [5.74, 6) is 4.91. The van der Waals surface area contributed by atoms with Crippen molar-refractivity contribution in [2.75, 3.05) is 7.05 Å². The highest BCUT2D eigenvalue weighted by atomic mass is 31.0. The Labute approximate surface area is 174 Å². The quantitative estimate of drug-likeness (QED) is 0.135. The first-order valence-electron chi connectivity index (χ1n) is 10.2. The number of aliphatic hydroxyl groups is 1. The van der Waals surface area contributed by atoms with Gasteiger partial charge >= 0.3 is 0 Å². The van der Waals surface area contributed by atoms with Crippen molar-refractivity contribution in [3.05, 3.63) is 47.5 Å². The van der Waals surface area contributed by atoms with Crippen molar-refractivity contribution < 1.29 is 5.11 Å². The van der Waals surface area contributed by atoms with Crippen LogP contribution in [0.5, 0.6) is 0 Å². The van der Waals surface area contributed by atoms with Gasteiger partial charge in [0, 0.05) is 18.7 Å². The van der Waals surface area contributed by atoms with Gasteiger partial charge in [-0.1, -0.05) is 56.3 Å². The molecule has 1 aliphatic rings. The molecule has 1 fully saturated rings. The summed E-state index contributed by atoms with van der Waals surface area (Å²) in [6, 6.07) is 0. The third-order valence-electron chi connectivity index (χ3n) is 5.75. The molecule has 0 heterocycles. The molecule has 0 amide bonds. The number of allylic oxidation sites excluding steroid dienone is 5. The van der Waals surface area contributed by atoms with E-state index in [9.17, 15) is 5.11 Å². The summed E-state index contributed by atoms with van der Waals surface area (Å²) in [6.45, 7) is 8.47. The van der Waals surface area contributed by atoms with Gasteiger partial charge in [0.1, 0.15) is 5.60 Å². The molecule has 0 saturated heterocycles. The van der Waals surface area contributed by atoms with Crippen molar-refractivity contribution in [1.82, 2.24) is 5.01 Å². The van der Waals surface area contributed by atoms with Crippen LogP contribution >= 0.6 is 9.24 Å². The van der Waals surface area contributed by atoms with Crippen LogP contribution in [0.1, 0.15) is 59.8 Å². The predicted molar refractivity (Wildman–Crippen MR) is 126 cm³/mol. The molecule has 28 heavy (non-hydrogen) atoms. The molecule has 0 bridgehead atoms. The van der Waals surface area contributed by atoms with Crippen LogP contribution in [-0.2, 0) is 0 Å². The van der Waals surface area contributed by atoms with Crippen LogP contribution in [0.3, 0.4) is 0 Å². The Bertz CT molecular complexity index is 696. The summed E-state index contributed by atoms with van der Waals surface area (Å²) in [7, 11) is 4.50. The molecule has 154 valence electrons. The molecule has 0 aromatic heterocycles. The Kier molecular flexibility index (Phi) is 9.94. The lowest BCUT2D eigenvalue weighted by molar-refractivity contribution is -0.0260. The summed E-state index contributed by atoms with van der Waals surface area (Å²) >= 11 is 0. The molecular weight excluding hydrogens is 363 g/mol. The molecule has 1 rings (SSSR count). The summed E-state index contributed by atoms with van der Waals surface area (Å²) in [5, 5.41) is 17.7. The zero-order chi connectivity index (χ0) is 21.2. The SMILES string of the molecule is C#C[C@]1(O)CC/C(=C/CC)[C@@]1(CC/C=N\N(C)C(/C=C\C)=C/C=C/P)C(C)C. The average Bonchev–Trinajstić information content (AvgIpc) is 2.96. The third kappa shape index (κ3) is 5.25. The molecule has 1 N–H and O–H groups in total. The van der Waals surface area contributed by atoms with Crippen molar-refractivity contribution in [1.29, 1.82) is 0 Å². The number of hydrogen-bond acceptors (Lipinski definition) is 3. The summed E-state index contributed by atoms with van der Waals surface area (Å²) < 4.78 is 0. The first-order valence-corrected chi connectivity index (χ1v) is 10.9. The molecule has 0 aromatic rings. The van der Waals surface area contributed by atoms with E-state index in [0.29, 0.717) is 6.42 Å².